The molecule has 0 saturated heterocycles. The molecule has 1 aliphatic carbocycles. The lowest BCUT2D eigenvalue weighted by molar-refractivity contribution is 0.635. The average molecular weight is 664 g/mol. The van der Waals surface area contributed by atoms with Crippen molar-refractivity contribution in [2.75, 3.05) is 0 Å². The average Bonchev–Trinajstić information content (AvgIpc) is 3.63. The molecule has 2 heterocycles. The molecule has 0 unspecified atom stereocenters. The van der Waals surface area contributed by atoms with E-state index < -0.39 is 0 Å². The molecule has 2 aromatic heterocycles. The van der Waals surface area contributed by atoms with Gasteiger partial charge in [-0.25, -0.2) is 9.97 Å². The summed E-state index contributed by atoms with van der Waals surface area (Å²) in [5.41, 5.74) is 10.6. The highest BCUT2D eigenvalue weighted by molar-refractivity contribution is 6.23. The summed E-state index contributed by atoms with van der Waals surface area (Å²) in [5, 5.41) is 9.82. The smallest absolute Gasteiger partial charge is 0.165 e. The van der Waals surface area contributed by atoms with Crippen molar-refractivity contribution in [2.45, 2.75) is 19.3 Å². The zero-order chi connectivity index (χ0) is 34.6. The van der Waals surface area contributed by atoms with Crippen LogP contribution in [-0.2, 0) is 5.41 Å². The zero-order valence-electron chi connectivity index (χ0n) is 28.9. The normalized spacial score (nSPS) is 13.3. The number of nitrogens with zero attached hydrogens (tertiary/aromatic N) is 3. The Morgan fingerprint density at radius 1 is 0.442 bits per heavy atom. The maximum absolute atomic E-state index is 5.75. The van der Waals surface area contributed by atoms with Crippen LogP contribution in [0.2, 0.25) is 0 Å². The highest BCUT2D eigenvalue weighted by Crippen LogP contribution is 2.50. The molecular formula is C49H33N3. The van der Waals surface area contributed by atoms with Gasteiger partial charge < -0.3 is 0 Å². The molecule has 1 aliphatic rings. The van der Waals surface area contributed by atoms with Crippen LogP contribution in [0.15, 0.2) is 164 Å². The maximum Gasteiger partial charge on any atom is 0.165 e. The van der Waals surface area contributed by atoms with Crippen LogP contribution >= 0.6 is 0 Å². The van der Waals surface area contributed by atoms with Crippen molar-refractivity contribution in [3.05, 3.63) is 175 Å². The minimum atomic E-state index is -0.325. The van der Waals surface area contributed by atoms with Gasteiger partial charge in [-0.1, -0.05) is 147 Å². The van der Waals surface area contributed by atoms with Gasteiger partial charge >= 0.3 is 0 Å². The summed E-state index contributed by atoms with van der Waals surface area (Å²) in [6.45, 7) is 4.57. The molecule has 0 saturated carbocycles. The highest BCUT2D eigenvalue weighted by Gasteiger charge is 2.40. The van der Waals surface area contributed by atoms with E-state index in [0.717, 1.165) is 45.1 Å². The van der Waals surface area contributed by atoms with E-state index in [0.29, 0.717) is 0 Å². The first-order chi connectivity index (χ1) is 25.5. The van der Waals surface area contributed by atoms with Gasteiger partial charge in [-0.2, -0.15) is 0 Å². The fourth-order valence-corrected chi connectivity index (χ4v) is 8.66. The lowest BCUT2D eigenvalue weighted by atomic mass is 9.84. The molecule has 0 N–H and O–H groups in total. The third kappa shape index (κ3) is 4.14. The predicted molar refractivity (Wildman–Crippen MR) is 217 cm³/mol. The van der Waals surface area contributed by atoms with Crippen molar-refractivity contribution in [1.82, 2.24) is 14.5 Å². The van der Waals surface area contributed by atoms with E-state index >= 15 is 0 Å². The molecule has 0 bridgehead atoms. The Morgan fingerprint density at radius 3 is 1.88 bits per heavy atom. The molecule has 0 atom stereocenters. The molecule has 0 fully saturated rings. The number of aromatic nitrogens is 3. The van der Waals surface area contributed by atoms with Crippen LogP contribution in [0.25, 0.3) is 93.6 Å². The molecule has 8 aromatic carbocycles. The Labute approximate surface area is 301 Å². The number of hydrogen-bond donors (Lipinski definition) is 0. The molecule has 0 aliphatic heterocycles. The van der Waals surface area contributed by atoms with E-state index in [4.69, 9.17) is 9.97 Å². The summed E-state index contributed by atoms with van der Waals surface area (Å²) < 4.78 is 2.37. The van der Waals surface area contributed by atoms with Gasteiger partial charge in [-0.15, -0.1) is 0 Å². The second kappa shape index (κ2) is 10.7. The number of rotatable bonds is 3. The molecule has 52 heavy (non-hydrogen) atoms. The summed E-state index contributed by atoms with van der Waals surface area (Å²) >= 11 is 0. The summed E-state index contributed by atoms with van der Waals surface area (Å²) in [6, 6.07) is 59.3. The Bertz CT molecular complexity index is 3100. The standard InChI is InChI=1S/C49H33N3/c1-49(2)41-24-22-37(36-21-20-30-12-6-7-16-33(30)26-36)27-39(41)46-47(49)50-45(32-14-4-3-5-15-32)48(51-46)52-42-25-23-31-13-10-11-19-38(31)44(42)40-28-34-17-8-9-18-35(34)29-43(40)52/h3-29H,1-2H3. The van der Waals surface area contributed by atoms with Gasteiger partial charge in [0.25, 0.3) is 0 Å². The maximum atomic E-state index is 5.75. The minimum Gasteiger partial charge on any atom is -0.292 e. The van der Waals surface area contributed by atoms with E-state index in [9.17, 15) is 0 Å². The third-order valence-electron chi connectivity index (χ3n) is 11.3. The van der Waals surface area contributed by atoms with Crippen LogP contribution in [0.1, 0.15) is 25.1 Å². The van der Waals surface area contributed by atoms with E-state index in [1.54, 1.807) is 0 Å². The van der Waals surface area contributed by atoms with Crippen LogP contribution < -0.4 is 0 Å². The fourth-order valence-electron chi connectivity index (χ4n) is 8.66. The lowest BCUT2D eigenvalue weighted by Gasteiger charge is -2.21. The first kappa shape index (κ1) is 29.2. The summed E-state index contributed by atoms with van der Waals surface area (Å²) in [5.74, 6) is 0.843. The Hall–Kier alpha value is -6.58. The van der Waals surface area contributed by atoms with Crippen molar-refractivity contribution in [3.63, 3.8) is 0 Å². The van der Waals surface area contributed by atoms with Gasteiger partial charge in [0.1, 0.15) is 5.69 Å². The van der Waals surface area contributed by atoms with E-state index in [-0.39, 0.29) is 5.41 Å². The number of fused-ring (bicyclic) bond motifs is 10. The minimum absolute atomic E-state index is 0.325. The van der Waals surface area contributed by atoms with Gasteiger partial charge in [0.05, 0.1) is 22.4 Å². The third-order valence-corrected chi connectivity index (χ3v) is 11.3. The molecule has 3 nitrogen and oxygen atoms in total. The Balaban J connectivity index is 1.24. The number of benzene rings is 8. The van der Waals surface area contributed by atoms with Gasteiger partial charge in [0, 0.05) is 27.3 Å². The first-order valence-corrected chi connectivity index (χ1v) is 18.0. The zero-order valence-corrected chi connectivity index (χ0v) is 28.9. The van der Waals surface area contributed by atoms with Crippen molar-refractivity contribution >= 4 is 54.1 Å². The predicted octanol–water partition coefficient (Wildman–Crippen LogP) is 12.7. The second-order valence-electron chi connectivity index (χ2n) is 14.6. The second-order valence-corrected chi connectivity index (χ2v) is 14.6. The van der Waals surface area contributed by atoms with Crippen LogP contribution in [0.5, 0.6) is 0 Å². The summed E-state index contributed by atoms with van der Waals surface area (Å²) in [4.78, 5) is 11.4. The fraction of sp³-hybridized carbons (Fsp3) is 0.0612. The van der Waals surface area contributed by atoms with E-state index in [1.165, 1.54) is 59.8 Å². The van der Waals surface area contributed by atoms with Gasteiger partial charge in [-0.05, 0) is 79.3 Å². The van der Waals surface area contributed by atoms with Crippen molar-refractivity contribution < 1.29 is 0 Å². The van der Waals surface area contributed by atoms with Gasteiger partial charge in [0.15, 0.2) is 5.82 Å². The van der Waals surface area contributed by atoms with E-state index in [1.807, 2.05) is 0 Å². The van der Waals surface area contributed by atoms with Crippen LogP contribution in [0.4, 0.5) is 0 Å². The van der Waals surface area contributed by atoms with Crippen LogP contribution in [0, 0.1) is 0 Å². The summed E-state index contributed by atoms with van der Waals surface area (Å²) in [7, 11) is 0. The van der Waals surface area contributed by atoms with Gasteiger partial charge in [-0.3, -0.25) is 4.57 Å². The SMILES string of the molecule is CC1(C)c2ccc(-c3ccc4ccccc4c3)cc2-c2nc(-n3c4cc5ccccc5cc4c4c5ccccc5ccc43)c(-c3ccccc3)nc21. The van der Waals surface area contributed by atoms with E-state index in [2.05, 4.69) is 182 Å². The summed E-state index contributed by atoms with van der Waals surface area (Å²) in [6.07, 6.45) is 0. The molecule has 11 rings (SSSR count). The Morgan fingerprint density at radius 2 is 1.08 bits per heavy atom. The first-order valence-electron chi connectivity index (χ1n) is 18.0. The Kier molecular flexibility index (Phi) is 6.01. The monoisotopic (exact) mass is 663 g/mol. The van der Waals surface area contributed by atoms with Crippen molar-refractivity contribution in [3.8, 4) is 39.5 Å². The van der Waals surface area contributed by atoms with Gasteiger partial charge in [0.2, 0.25) is 0 Å². The van der Waals surface area contributed by atoms with Crippen molar-refractivity contribution in [1.29, 1.82) is 0 Å². The molecule has 0 radical (unpaired) electrons. The highest BCUT2D eigenvalue weighted by atomic mass is 15.1. The largest absolute Gasteiger partial charge is 0.292 e. The lowest BCUT2D eigenvalue weighted by Crippen LogP contribution is -2.18. The topological polar surface area (TPSA) is 30.7 Å². The molecular weight excluding hydrogens is 631 g/mol. The van der Waals surface area contributed by atoms with Crippen molar-refractivity contribution in [2.24, 2.45) is 0 Å². The molecule has 0 amide bonds. The van der Waals surface area contributed by atoms with Crippen LogP contribution in [0.3, 0.4) is 0 Å². The molecule has 3 heteroatoms. The quantitative estimate of drug-likeness (QED) is 0.188. The molecule has 244 valence electrons. The molecule has 10 aromatic rings. The van der Waals surface area contributed by atoms with Crippen LogP contribution in [-0.4, -0.2) is 14.5 Å². The number of hydrogen-bond acceptors (Lipinski definition) is 2. The molecule has 0 spiro atoms.